The molecule has 4 rings (SSSR count). The Morgan fingerprint density at radius 3 is 2.04 bits per heavy atom. The number of carbonyl (C=O) groups excluding carboxylic acids is 2. The van der Waals surface area contributed by atoms with Gasteiger partial charge in [0.2, 0.25) is 0 Å². The van der Waals surface area contributed by atoms with Gasteiger partial charge in [0.05, 0.1) is 0 Å². The Morgan fingerprint density at radius 1 is 0.808 bits per heavy atom. The Hall–Kier alpha value is -3.08. The molecule has 0 spiro atoms. The second kappa shape index (κ2) is 6.67. The zero-order valence-electron chi connectivity index (χ0n) is 14.7. The maximum absolute atomic E-state index is 12.8. The fourth-order valence-electron chi connectivity index (χ4n) is 3.35. The highest BCUT2D eigenvalue weighted by Gasteiger charge is 2.25. The molecular weight excluding hydrogens is 326 g/mol. The number of nitrogens with zero attached hydrogens (tertiary/aromatic N) is 2. The topological polar surface area (TPSA) is 56.4 Å². The summed E-state index contributed by atoms with van der Waals surface area (Å²) in [7, 11) is 0. The predicted octanol–water partition coefficient (Wildman–Crippen LogP) is 3.07. The number of aromatic nitrogens is 1. The summed E-state index contributed by atoms with van der Waals surface area (Å²) in [5, 5.41) is 1.09. The smallest absolute Gasteiger partial charge is 0.254 e. The first-order chi connectivity index (χ1) is 12.6. The third kappa shape index (κ3) is 3.08. The maximum atomic E-state index is 12.8. The first-order valence-electron chi connectivity index (χ1n) is 8.84. The minimum atomic E-state index is 0.0175. The van der Waals surface area contributed by atoms with Crippen molar-refractivity contribution in [3.63, 3.8) is 0 Å². The van der Waals surface area contributed by atoms with E-state index in [1.165, 1.54) is 0 Å². The van der Waals surface area contributed by atoms with Crippen LogP contribution in [0.3, 0.4) is 0 Å². The molecule has 1 aliphatic rings. The van der Waals surface area contributed by atoms with Crippen LogP contribution in [0.15, 0.2) is 54.7 Å². The number of H-pyrrole nitrogens is 1. The largest absolute Gasteiger partial charge is 0.361 e. The summed E-state index contributed by atoms with van der Waals surface area (Å²) < 4.78 is 0. The molecule has 0 atom stereocenters. The molecule has 1 saturated heterocycles. The van der Waals surface area contributed by atoms with Gasteiger partial charge < -0.3 is 14.8 Å². The molecule has 0 unspecified atom stereocenters. The van der Waals surface area contributed by atoms with Crippen molar-refractivity contribution in [3.8, 4) is 0 Å². The molecule has 1 N–H and O–H groups in total. The van der Waals surface area contributed by atoms with E-state index in [4.69, 9.17) is 0 Å². The van der Waals surface area contributed by atoms with Crippen LogP contribution in [0.1, 0.15) is 26.3 Å². The average Bonchev–Trinajstić information content (AvgIpc) is 3.15. The Bertz CT molecular complexity index is 951. The normalized spacial score (nSPS) is 14.7. The number of carbonyl (C=O) groups is 2. The van der Waals surface area contributed by atoms with E-state index < -0.39 is 0 Å². The highest BCUT2D eigenvalue weighted by Crippen LogP contribution is 2.17. The van der Waals surface area contributed by atoms with Crippen molar-refractivity contribution in [2.45, 2.75) is 6.92 Å². The highest BCUT2D eigenvalue weighted by atomic mass is 16.2. The van der Waals surface area contributed by atoms with Gasteiger partial charge in [-0.3, -0.25) is 9.59 Å². The van der Waals surface area contributed by atoms with E-state index in [9.17, 15) is 9.59 Å². The molecule has 0 bridgehead atoms. The molecule has 1 fully saturated rings. The summed E-state index contributed by atoms with van der Waals surface area (Å²) in [6.07, 6.45) is 1.87. The van der Waals surface area contributed by atoms with Crippen LogP contribution < -0.4 is 0 Å². The summed E-state index contributed by atoms with van der Waals surface area (Å²) in [5.74, 6) is 0.0499. The average molecular weight is 347 g/mol. The van der Waals surface area contributed by atoms with Crippen LogP contribution >= 0.6 is 0 Å². The molecule has 26 heavy (non-hydrogen) atoms. The van der Waals surface area contributed by atoms with Gasteiger partial charge in [-0.05, 0) is 42.6 Å². The number of piperazine rings is 1. The van der Waals surface area contributed by atoms with Crippen molar-refractivity contribution in [3.05, 3.63) is 71.4 Å². The minimum Gasteiger partial charge on any atom is -0.361 e. The molecule has 0 saturated carbocycles. The molecule has 5 heteroatoms. The lowest BCUT2D eigenvalue weighted by Crippen LogP contribution is -2.50. The molecule has 3 aromatic rings. The van der Waals surface area contributed by atoms with E-state index in [0.29, 0.717) is 37.3 Å². The Kier molecular flexibility index (Phi) is 4.21. The second-order valence-corrected chi connectivity index (χ2v) is 6.73. The number of aromatic amines is 1. The van der Waals surface area contributed by atoms with Crippen LogP contribution in [0.5, 0.6) is 0 Å². The van der Waals surface area contributed by atoms with Crippen molar-refractivity contribution in [1.29, 1.82) is 0 Å². The van der Waals surface area contributed by atoms with E-state index in [1.807, 2.05) is 71.5 Å². The van der Waals surface area contributed by atoms with Crippen LogP contribution in [-0.2, 0) is 0 Å². The standard InChI is InChI=1S/C21H21N3O2/c1-15-2-4-17(5-3-15)20(25)23-10-12-24(13-11-23)21(26)18-7-6-16-8-9-22-19(16)14-18/h2-9,14,22H,10-13H2,1H3. The van der Waals surface area contributed by atoms with Gasteiger partial charge in [-0.25, -0.2) is 0 Å². The molecule has 0 aliphatic carbocycles. The lowest BCUT2D eigenvalue weighted by molar-refractivity contribution is 0.0535. The van der Waals surface area contributed by atoms with E-state index in [2.05, 4.69) is 4.98 Å². The van der Waals surface area contributed by atoms with Gasteiger partial charge in [-0.1, -0.05) is 23.8 Å². The van der Waals surface area contributed by atoms with Gasteiger partial charge in [0.25, 0.3) is 11.8 Å². The SMILES string of the molecule is Cc1ccc(C(=O)N2CCN(C(=O)c3ccc4cc[nH]c4c3)CC2)cc1. The van der Waals surface area contributed by atoms with Gasteiger partial charge in [0, 0.05) is 49.0 Å². The summed E-state index contributed by atoms with van der Waals surface area (Å²) in [5.41, 5.74) is 3.48. The van der Waals surface area contributed by atoms with Crippen LogP contribution in [0.4, 0.5) is 0 Å². The zero-order chi connectivity index (χ0) is 18.1. The number of hydrogen-bond acceptors (Lipinski definition) is 2. The third-order valence-electron chi connectivity index (χ3n) is 4.95. The van der Waals surface area contributed by atoms with Gasteiger partial charge in [0.1, 0.15) is 0 Å². The minimum absolute atomic E-state index is 0.0175. The lowest BCUT2D eigenvalue weighted by Gasteiger charge is -2.35. The Morgan fingerprint density at radius 2 is 1.38 bits per heavy atom. The maximum Gasteiger partial charge on any atom is 0.254 e. The van der Waals surface area contributed by atoms with Crippen LogP contribution in [0, 0.1) is 6.92 Å². The van der Waals surface area contributed by atoms with Crippen LogP contribution in [0.2, 0.25) is 0 Å². The fraction of sp³-hybridized carbons (Fsp3) is 0.238. The van der Waals surface area contributed by atoms with Gasteiger partial charge in [0.15, 0.2) is 0 Å². The second-order valence-electron chi connectivity index (χ2n) is 6.73. The van der Waals surface area contributed by atoms with E-state index in [1.54, 1.807) is 0 Å². The van der Waals surface area contributed by atoms with Gasteiger partial charge >= 0.3 is 0 Å². The van der Waals surface area contributed by atoms with Crippen LogP contribution in [0.25, 0.3) is 10.9 Å². The molecular formula is C21H21N3O2. The molecule has 2 amide bonds. The summed E-state index contributed by atoms with van der Waals surface area (Å²) >= 11 is 0. The van der Waals surface area contributed by atoms with E-state index in [-0.39, 0.29) is 11.8 Å². The van der Waals surface area contributed by atoms with Crippen molar-refractivity contribution >= 4 is 22.7 Å². The molecule has 1 aromatic heterocycles. The van der Waals surface area contributed by atoms with Crippen molar-refractivity contribution in [2.75, 3.05) is 26.2 Å². The van der Waals surface area contributed by atoms with Crippen molar-refractivity contribution in [1.82, 2.24) is 14.8 Å². The van der Waals surface area contributed by atoms with Crippen molar-refractivity contribution in [2.24, 2.45) is 0 Å². The van der Waals surface area contributed by atoms with E-state index in [0.717, 1.165) is 16.5 Å². The quantitative estimate of drug-likeness (QED) is 0.774. The molecule has 132 valence electrons. The Balaban J connectivity index is 1.41. The number of hydrogen-bond donors (Lipinski definition) is 1. The van der Waals surface area contributed by atoms with Crippen LogP contribution in [-0.4, -0.2) is 52.8 Å². The van der Waals surface area contributed by atoms with E-state index >= 15 is 0 Å². The predicted molar refractivity (Wildman–Crippen MR) is 101 cm³/mol. The number of amides is 2. The number of aryl methyl sites for hydroxylation is 1. The third-order valence-corrected chi connectivity index (χ3v) is 4.95. The molecule has 2 aromatic carbocycles. The molecule has 2 heterocycles. The monoisotopic (exact) mass is 347 g/mol. The van der Waals surface area contributed by atoms with Gasteiger partial charge in [-0.2, -0.15) is 0 Å². The molecule has 1 aliphatic heterocycles. The molecule has 5 nitrogen and oxygen atoms in total. The summed E-state index contributed by atoms with van der Waals surface area (Å²) in [6.45, 7) is 4.23. The number of benzene rings is 2. The van der Waals surface area contributed by atoms with Crippen molar-refractivity contribution < 1.29 is 9.59 Å². The number of nitrogens with one attached hydrogen (secondary N) is 1. The first-order valence-corrected chi connectivity index (χ1v) is 8.84. The lowest BCUT2D eigenvalue weighted by atomic mass is 10.1. The zero-order valence-corrected chi connectivity index (χ0v) is 14.7. The summed E-state index contributed by atoms with van der Waals surface area (Å²) in [4.78, 5) is 32.1. The fourth-order valence-corrected chi connectivity index (χ4v) is 3.35. The number of fused-ring (bicyclic) bond motifs is 1. The highest BCUT2D eigenvalue weighted by molar-refractivity contribution is 5.98. The number of rotatable bonds is 2. The first kappa shape index (κ1) is 16.4. The Labute approximate surface area is 152 Å². The summed E-state index contributed by atoms with van der Waals surface area (Å²) in [6, 6.07) is 15.3. The molecule has 0 radical (unpaired) electrons. The van der Waals surface area contributed by atoms with Gasteiger partial charge in [-0.15, -0.1) is 0 Å².